The third-order valence-corrected chi connectivity index (χ3v) is 15.3. The van der Waals surface area contributed by atoms with E-state index in [1.807, 2.05) is 24.8 Å². The Morgan fingerprint density at radius 3 is 2.61 bits per heavy atom. The molecule has 1 aromatic carbocycles. The van der Waals surface area contributed by atoms with Crippen molar-refractivity contribution in [1.82, 2.24) is 30.0 Å². The molecule has 4 saturated carbocycles. The summed E-state index contributed by atoms with van der Waals surface area (Å²) in [6.45, 7) is 16.4. The Hall–Kier alpha value is -4.57. The van der Waals surface area contributed by atoms with Gasteiger partial charge in [-0.3, -0.25) is 9.89 Å². The lowest BCUT2D eigenvalue weighted by Gasteiger charge is -2.56. The van der Waals surface area contributed by atoms with Crippen LogP contribution < -0.4 is 16.0 Å². The molecule has 3 aromatic heterocycles. The van der Waals surface area contributed by atoms with Crippen LogP contribution in [0.1, 0.15) is 92.9 Å². The fourth-order valence-corrected chi connectivity index (χ4v) is 12.9. The average Bonchev–Trinajstić information content (AvgIpc) is 3.58. The third kappa shape index (κ3) is 8.26. The van der Waals surface area contributed by atoms with E-state index >= 15 is 0 Å². The van der Waals surface area contributed by atoms with Crippen LogP contribution in [0.15, 0.2) is 41.5 Å². The van der Waals surface area contributed by atoms with Gasteiger partial charge in [0.25, 0.3) is 0 Å². The Kier molecular flexibility index (Phi) is 11.1. The lowest BCUT2D eigenvalue weighted by atomic mass is 9.53. The van der Waals surface area contributed by atoms with E-state index in [0.29, 0.717) is 74.6 Å². The molecule has 10 rings (SSSR count). The summed E-state index contributed by atoms with van der Waals surface area (Å²) in [7, 11) is 2.20. The molecule has 4 aromatic rings. The van der Waals surface area contributed by atoms with Gasteiger partial charge in [0.15, 0.2) is 22.5 Å². The van der Waals surface area contributed by atoms with Gasteiger partial charge in [0, 0.05) is 80.0 Å². The molecule has 5 unspecified atom stereocenters. The molecule has 0 radical (unpaired) electrons. The minimum Gasteiger partial charge on any atom is -0.476 e. The van der Waals surface area contributed by atoms with Gasteiger partial charge in [-0.2, -0.15) is 0 Å². The summed E-state index contributed by atoms with van der Waals surface area (Å²) in [5.74, 6) is 1.11. The minimum atomic E-state index is -1.15. The van der Waals surface area contributed by atoms with Crippen molar-refractivity contribution < 1.29 is 19.0 Å². The van der Waals surface area contributed by atoms with Crippen LogP contribution >= 0.6 is 11.3 Å². The molecule has 2 aliphatic heterocycles. The number of carboxylic acid groups (broad SMARTS) is 1. The number of aliphatic imine (C=N–C) groups is 1. The minimum absolute atomic E-state index is 0.0752. The van der Waals surface area contributed by atoms with Gasteiger partial charge in [0.2, 0.25) is 0 Å². The van der Waals surface area contributed by atoms with Gasteiger partial charge >= 0.3 is 5.97 Å². The van der Waals surface area contributed by atoms with Gasteiger partial charge in [-0.1, -0.05) is 31.3 Å². The van der Waals surface area contributed by atoms with E-state index in [2.05, 4.69) is 51.2 Å². The van der Waals surface area contributed by atoms with Crippen molar-refractivity contribution in [3.05, 3.63) is 64.7 Å². The molecule has 5 heterocycles. The molecular weight excluding hydrogens is 792 g/mol. The van der Waals surface area contributed by atoms with Crippen molar-refractivity contribution in [2.24, 2.45) is 33.4 Å². The second kappa shape index (κ2) is 16.3. The molecule has 0 amide bonds. The number of aromatic nitrogens is 4. The molecule has 5 atom stereocenters. The zero-order chi connectivity index (χ0) is 42.7. The van der Waals surface area contributed by atoms with Crippen LogP contribution in [0.4, 0.5) is 27.0 Å². The predicted octanol–water partition coefficient (Wildman–Crippen LogP) is 7.84. The fraction of sp³-hybridized carbons (Fsp3) is 0.565. The van der Waals surface area contributed by atoms with Gasteiger partial charge in [-0.05, 0) is 119 Å². The van der Waals surface area contributed by atoms with E-state index in [1.54, 1.807) is 18.2 Å². The zero-order valence-electron chi connectivity index (χ0n) is 36.1. The van der Waals surface area contributed by atoms with Crippen LogP contribution in [-0.2, 0) is 11.2 Å². The van der Waals surface area contributed by atoms with Gasteiger partial charge in [0.05, 0.1) is 22.4 Å². The van der Waals surface area contributed by atoms with Crippen molar-refractivity contribution in [3.8, 4) is 0 Å². The summed E-state index contributed by atoms with van der Waals surface area (Å²) in [6.07, 6.45) is 9.92. The number of carbonyl (C=O) groups is 1. The topological polar surface area (TPSA) is 158 Å². The largest absolute Gasteiger partial charge is 0.476 e. The van der Waals surface area contributed by atoms with Crippen molar-refractivity contribution in [2.45, 2.75) is 84.7 Å². The number of benzene rings is 1. The number of hydrogen-bond acceptors (Lipinski definition) is 13. The number of rotatable bonds is 12. The van der Waals surface area contributed by atoms with Crippen LogP contribution in [0.2, 0.25) is 0 Å². The molecule has 4 bridgehead atoms. The quantitative estimate of drug-likeness (QED) is 0.119. The summed E-state index contributed by atoms with van der Waals surface area (Å²) in [6, 6.07) is 8.46. The second-order valence-electron chi connectivity index (χ2n) is 19.3. The lowest BCUT2D eigenvalue weighted by Crippen LogP contribution is -2.53. The van der Waals surface area contributed by atoms with Crippen molar-refractivity contribution in [2.75, 3.05) is 69.7 Å². The van der Waals surface area contributed by atoms with Gasteiger partial charge < -0.3 is 30.7 Å². The number of nitrogens with one attached hydrogen (secondary N) is 1. The number of ether oxygens (including phenoxy) is 1. The fourth-order valence-electron chi connectivity index (χ4n) is 12.1. The maximum Gasteiger partial charge on any atom is 0.355 e. The van der Waals surface area contributed by atoms with Crippen molar-refractivity contribution in [3.63, 3.8) is 0 Å². The molecule has 324 valence electrons. The first-order valence-electron chi connectivity index (χ1n) is 21.9. The Labute approximate surface area is 361 Å². The Morgan fingerprint density at radius 1 is 1.07 bits per heavy atom. The van der Waals surface area contributed by atoms with Crippen molar-refractivity contribution >= 4 is 61.4 Å². The molecule has 4 N–H and O–H groups in total. The highest BCUT2D eigenvalue weighted by atomic mass is 32.1. The summed E-state index contributed by atoms with van der Waals surface area (Å²) in [5.41, 5.74) is 10.7. The smallest absolute Gasteiger partial charge is 0.355 e. The molecule has 5 fully saturated rings. The zero-order valence-corrected chi connectivity index (χ0v) is 37.0. The maximum atomic E-state index is 14.4. The Morgan fingerprint density at radius 2 is 1.85 bits per heavy atom. The molecule has 0 spiro atoms. The van der Waals surface area contributed by atoms with Crippen LogP contribution in [0.3, 0.4) is 0 Å². The van der Waals surface area contributed by atoms with E-state index < -0.39 is 5.97 Å². The number of likely N-dealkylation sites (N-methyl/N-ethyl adjacent to an activating group) is 1. The molecule has 15 heteroatoms. The second-order valence-corrected chi connectivity index (χ2v) is 20.3. The number of fused-ring (bicyclic) bond motifs is 3. The van der Waals surface area contributed by atoms with Crippen LogP contribution in [0.5, 0.6) is 0 Å². The Balaban J connectivity index is 0.913. The van der Waals surface area contributed by atoms with E-state index in [1.165, 1.54) is 36.4 Å². The molecular formula is C46H59FN10O3S. The summed E-state index contributed by atoms with van der Waals surface area (Å²) >= 11 is 1.23. The standard InChI is InChI=1S/C46H59FN10O3S/c1-28-32-8-7-13-57(41(32)54-53-40(28)52-43-50-36-10-6-9-35(47)39(36)61-43)37-12-11-33(38(51-37)42(58)59)34(23-48)29(2)49-24-31-21-45(4)25-44(3)20-30(31)22-46(26-44,27-45)60-19-18-56-16-14-55(5)15-17-56/h6,9-12,23,30-31H,7-8,13-22,24-27,48H2,1-5H3,(H,58,59)(H,50,52,53). The first kappa shape index (κ1) is 41.8. The number of anilines is 4. The van der Waals surface area contributed by atoms with E-state index in [-0.39, 0.29) is 27.9 Å². The van der Waals surface area contributed by atoms with Crippen LogP contribution in [0, 0.1) is 35.4 Å². The van der Waals surface area contributed by atoms with Crippen LogP contribution in [-0.4, -0.2) is 112 Å². The molecule has 6 aliphatic rings. The highest BCUT2D eigenvalue weighted by Crippen LogP contribution is 2.66. The molecule has 13 nitrogen and oxygen atoms in total. The highest BCUT2D eigenvalue weighted by molar-refractivity contribution is 7.22. The van der Waals surface area contributed by atoms with Crippen molar-refractivity contribution in [1.29, 1.82) is 0 Å². The number of piperazine rings is 1. The molecule has 61 heavy (non-hydrogen) atoms. The van der Waals surface area contributed by atoms with E-state index in [0.717, 1.165) is 89.0 Å². The van der Waals surface area contributed by atoms with E-state index in [9.17, 15) is 14.3 Å². The number of nitrogens with zero attached hydrogens (tertiary/aromatic N) is 8. The molecule has 1 saturated heterocycles. The number of carboxylic acids is 1. The number of allylic oxidation sites excluding steroid dienone is 1. The van der Waals surface area contributed by atoms with Crippen LogP contribution in [0.25, 0.3) is 15.8 Å². The Bertz CT molecular complexity index is 2400. The lowest BCUT2D eigenvalue weighted by molar-refractivity contribution is -0.166. The number of hydrogen-bond donors (Lipinski definition) is 3. The number of halogens is 1. The van der Waals surface area contributed by atoms with E-state index in [4.69, 9.17) is 20.4 Å². The van der Waals surface area contributed by atoms with Gasteiger partial charge in [-0.15, -0.1) is 10.2 Å². The number of pyridine rings is 1. The number of thiazole rings is 1. The maximum absolute atomic E-state index is 14.4. The van der Waals surface area contributed by atoms with Gasteiger partial charge in [-0.25, -0.2) is 19.2 Å². The summed E-state index contributed by atoms with van der Waals surface area (Å²) in [4.78, 5) is 34.2. The summed E-state index contributed by atoms with van der Waals surface area (Å²) < 4.78 is 21.9. The summed E-state index contributed by atoms with van der Waals surface area (Å²) in [5, 5.41) is 23.4. The third-order valence-electron chi connectivity index (χ3n) is 14.3. The first-order chi connectivity index (χ1) is 29.2. The SMILES string of the molecule is CC(=NCC1CC2(C)CC3(C)CC1CC(OCCN1CCN(C)CC1)(C2)C3)C(=CN)c1ccc(N2CCCc3c2nnc(Nc2nc4cccc(F)c4s2)c3C)nc1C(=O)O. The highest BCUT2D eigenvalue weighted by Gasteiger charge is 2.60. The van der Waals surface area contributed by atoms with Gasteiger partial charge in [0.1, 0.15) is 11.6 Å². The normalized spacial score (nSPS) is 28.3. The number of nitrogens with two attached hydrogens (primary N) is 1. The number of aromatic carboxylic acids is 1. The predicted molar refractivity (Wildman–Crippen MR) is 240 cm³/mol. The first-order valence-corrected chi connectivity index (χ1v) is 22.7. The average molecular weight is 851 g/mol. The monoisotopic (exact) mass is 850 g/mol. The molecule has 4 aliphatic carbocycles.